The Balaban J connectivity index is 3.53. The third kappa shape index (κ3) is 3.61. The first-order chi connectivity index (χ1) is 8.95. The lowest BCUT2D eigenvalue weighted by atomic mass is 10.3. The minimum atomic E-state index is -5.36. The third-order valence-electron chi connectivity index (χ3n) is 1.82. The number of pyridine rings is 1. The van der Waals surface area contributed by atoms with Crippen molar-refractivity contribution >= 4 is 5.69 Å². The number of hydrogen-bond donors (Lipinski definition) is 0. The largest absolute Gasteiger partial charge is 0.573 e. The van der Waals surface area contributed by atoms with E-state index >= 15 is 0 Å². The zero-order valence-electron chi connectivity index (χ0n) is 9.37. The van der Waals surface area contributed by atoms with Crippen LogP contribution >= 0.6 is 0 Å². The fourth-order valence-electron chi connectivity index (χ4n) is 1.13. The molecule has 0 atom stereocenters. The molecular weight excluding hydrogens is 302 g/mol. The highest BCUT2D eigenvalue weighted by atomic mass is 19.4. The number of ether oxygens (including phenoxy) is 2. The number of nitro groups is 1. The van der Waals surface area contributed by atoms with Crippen LogP contribution in [-0.2, 0) is 6.18 Å². The summed E-state index contributed by atoms with van der Waals surface area (Å²) in [6, 6.07) is -0.177. The zero-order valence-corrected chi connectivity index (χ0v) is 9.37. The highest BCUT2D eigenvalue weighted by Crippen LogP contribution is 2.42. The van der Waals surface area contributed by atoms with Gasteiger partial charge in [0.15, 0.2) is 5.69 Å². The number of rotatable bonds is 3. The fourth-order valence-corrected chi connectivity index (χ4v) is 1.13. The van der Waals surface area contributed by atoms with E-state index < -0.39 is 40.5 Å². The molecule has 0 radical (unpaired) electrons. The molecule has 1 aromatic rings. The number of methoxy groups -OCH3 is 1. The molecule has 0 fully saturated rings. The molecule has 112 valence electrons. The van der Waals surface area contributed by atoms with Crippen molar-refractivity contribution in [3.63, 3.8) is 0 Å². The Bertz CT molecular complexity index is 527. The molecule has 6 nitrogen and oxygen atoms in total. The standard InChI is InChI=1S/C8H4F6N2O4/c1-19-6-5(20-8(12,13)14)3(16(17)18)2-4(15-6)7(9,10)11/h2H,1H3. The van der Waals surface area contributed by atoms with Crippen LogP contribution in [0.3, 0.4) is 0 Å². The van der Waals surface area contributed by atoms with Gasteiger partial charge in [0.1, 0.15) is 0 Å². The van der Waals surface area contributed by atoms with Gasteiger partial charge in [0.25, 0.3) is 11.6 Å². The highest BCUT2D eigenvalue weighted by Gasteiger charge is 2.41. The van der Waals surface area contributed by atoms with Crippen LogP contribution in [0.1, 0.15) is 5.69 Å². The summed E-state index contributed by atoms with van der Waals surface area (Å²) in [4.78, 5) is 11.8. The van der Waals surface area contributed by atoms with Crippen LogP contribution in [0.15, 0.2) is 6.07 Å². The molecule has 0 spiro atoms. The Morgan fingerprint density at radius 1 is 1.25 bits per heavy atom. The van der Waals surface area contributed by atoms with Crippen LogP contribution in [0.4, 0.5) is 32.0 Å². The SMILES string of the molecule is COc1nc(C(F)(F)F)cc([N+](=O)[O-])c1OC(F)(F)F. The normalized spacial score (nSPS) is 12.2. The first-order valence-corrected chi connectivity index (χ1v) is 4.52. The number of nitrogens with zero attached hydrogens (tertiary/aromatic N) is 2. The molecule has 0 saturated heterocycles. The molecule has 1 aromatic heterocycles. The quantitative estimate of drug-likeness (QED) is 0.487. The van der Waals surface area contributed by atoms with E-state index in [2.05, 4.69) is 14.5 Å². The minimum Gasteiger partial charge on any atom is -0.478 e. The second kappa shape index (κ2) is 5.02. The Kier molecular flexibility index (Phi) is 3.96. The summed E-state index contributed by atoms with van der Waals surface area (Å²) in [6.07, 6.45) is -10.5. The van der Waals surface area contributed by atoms with Gasteiger partial charge in [0, 0.05) is 0 Å². The van der Waals surface area contributed by atoms with Gasteiger partial charge in [-0.05, 0) is 0 Å². The van der Waals surface area contributed by atoms with Crippen LogP contribution < -0.4 is 9.47 Å². The van der Waals surface area contributed by atoms with Crippen molar-refractivity contribution in [3.05, 3.63) is 21.9 Å². The monoisotopic (exact) mass is 306 g/mol. The van der Waals surface area contributed by atoms with Crippen molar-refractivity contribution in [2.24, 2.45) is 0 Å². The Labute approximate surface area is 106 Å². The molecule has 0 amide bonds. The second-order valence-electron chi connectivity index (χ2n) is 3.17. The van der Waals surface area contributed by atoms with Gasteiger partial charge in [0.05, 0.1) is 18.1 Å². The van der Waals surface area contributed by atoms with E-state index in [1.54, 1.807) is 0 Å². The van der Waals surface area contributed by atoms with Crippen LogP contribution in [0.2, 0.25) is 0 Å². The Morgan fingerprint density at radius 3 is 2.15 bits per heavy atom. The molecule has 0 aliphatic heterocycles. The zero-order chi connectivity index (χ0) is 15.7. The first kappa shape index (κ1) is 15.8. The van der Waals surface area contributed by atoms with Crippen molar-refractivity contribution in [2.45, 2.75) is 12.5 Å². The maximum absolute atomic E-state index is 12.4. The lowest BCUT2D eigenvalue weighted by Crippen LogP contribution is -2.20. The molecule has 0 aliphatic rings. The summed E-state index contributed by atoms with van der Waals surface area (Å²) < 4.78 is 81.0. The van der Waals surface area contributed by atoms with E-state index in [4.69, 9.17) is 0 Å². The predicted octanol–water partition coefficient (Wildman–Crippen LogP) is 2.92. The molecule has 0 bridgehead atoms. The van der Waals surface area contributed by atoms with Crippen LogP contribution in [-0.4, -0.2) is 23.4 Å². The van der Waals surface area contributed by atoms with Crippen LogP contribution in [0, 0.1) is 10.1 Å². The third-order valence-corrected chi connectivity index (χ3v) is 1.82. The van der Waals surface area contributed by atoms with Crippen molar-refractivity contribution in [3.8, 4) is 11.6 Å². The van der Waals surface area contributed by atoms with E-state index in [-0.39, 0.29) is 6.07 Å². The molecule has 12 heteroatoms. The molecule has 0 aliphatic carbocycles. The van der Waals surface area contributed by atoms with E-state index in [0.29, 0.717) is 7.11 Å². The molecule has 0 unspecified atom stereocenters. The Morgan fingerprint density at radius 2 is 1.80 bits per heavy atom. The lowest BCUT2D eigenvalue weighted by molar-refractivity contribution is -0.389. The van der Waals surface area contributed by atoms with Gasteiger partial charge in [-0.1, -0.05) is 0 Å². The second-order valence-corrected chi connectivity index (χ2v) is 3.17. The average molecular weight is 306 g/mol. The van der Waals surface area contributed by atoms with Gasteiger partial charge in [0.2, 0.25) is 0 Å². The van der Waals surface area contributed by atoms with Gasteiger partial charge in [-0.3, -0.25) is 10.1 Å². The summed E-state index contributed by atoms with van der Waals surface area (Å²) in [5.41, 5.74) is -3.35. The first-order valence-electron chi connectivity index (χ1n) is 4.52. The lowest BCUT2D eigenvalue weighted by Gasteiger charge is -2.13. The van der Waals surface area contributed by atoms with E-state index in [0.717, 1.165) is 0 Å². The van der Waals surface area contributed by atoms with Crippen LogP contribution in [0.25, 0.3) is 0 Å². The topological polar surface area (TPSA) is 74.5 Å². The number of halogens is 6. The molecule has 1 rings (SSSR count). The van der Waals surface area contributed by atoms with Crippen molar-refractivity contribution in [1.82, 2.24) is 4.98 Å². The summed E-state index contributed by atoms with van der Waals surface area (Å²) >= 11 is 0. The van der Waals surface area contributed by atoms with Crippen molar-refractivity contribution in [1.29, 1.82) is 0 Å². The maximum atomic E-state index is 12.4. The summed E-state index contributed by atoms with van der Waals surface area (Å²) in [5.74, 6) is -2.86. The van der Waals surface area contributed by atoms with Crippen LogP contribution in [0.5, 0.6) is 11.6 Å². The Hall–Kier alpha value is -2.27. The maximum Gasteiger partial charge on any atom is 0.573 e. The molecule has 0 N–H and O–H groups in total. The van der Waals surface area contributed by atoms with Gasteiger partial charge in [-0.2, -0.15) is 13.2 Å². The highest BCUT2D eigenvalue weighted by molar-refractivity contribution is 5.54. The fraction of sp³-hybridized carbons (Fsp3) is 0.375. The summed E-state index contributed by atoms with van der Waals surface area (Å²) in [5, 5.41) is 10.6. The predicted molar refractivity (Wildman–Crippen MR) is 49.1 cm³/mol. The number of hydrogen-bond acceptors (Lipinski definition) is 5. The smallest absolute Gasteiger partial charge is 0.478 e. The summed E-state index contributed by atoms with van der Waals surface area (Å²) in [6.45, 7) is 0. The van der Waals surface area contributed by atoms with Gasteiger partial charge in [-0.25, -0.2) is 4.98 Å². The molecule has 0 aromatic carbocycles. The molecule has 1 heterocycles. The molecular formula is C8H4F6N2O4. The van der Waals surface area contributed by atoms with Gasteiger partial charge in [-0.15, -0.1) is 13.2 Å². The molecule has 0 saturated carbocycles. The van der Waals surface area contributed by atoms with Crippen molar-refractivity contribution in [2.75, 3.05) is 7.11 Å². The average Bonchev–Trinajstić information content (AvgIpc) is 2.25. The minimum absolute atomic E-state index is 0.177. The number of alkyl halides is 6. The van der Waals surface area contributed by atoms with Gasteiger partial charge < -0.3 is 9.47 Å². The number of aromatic nitrogens is 1. The van der Waals surface area contributed by atoms with Crippen molar-refractivity contribution < 1.29 is 40.7 Å². The van der Waals surface area contributed by atoms with E-state index in [9.17, 15) is 36.5 Å². The molecule has 20 heavy (non-hydrogen) atoms. The van der Waals surface area contributed by atoms with E-state index in [1.165, 1.54) is 0 Å². The summed E-state index contributed by atoms with van der Waals surface area (Å²) in [7, 11) is 0.690. The van der Waals surface area contributed by atoms with E-state index in [1.807, 2.05) is 0 Å². The van der Waals surface area contributed by atoms with Gasteiger partial charge >= 0.3 is 18.2 Å².